The molecule has 2 saturated heterocycles. The summed E-state index contributed by atoms with van der Waals surface area (Å²) in [6.45, 7) is 11.0. The molecule has 2 aliphatic rings. The molecule has 2 rings (SSSR count). The van der Waals surface area contributed by atoms with Crippen molar-refractivity contribution in [2.45, 2.75) is 6.42 Å². The van der Waals surface area contributed by atoms with E-state index < -0.39 is 5.97 Å². The summed E-state index contributed by atoms with van der Waals surface area (Å²) in [6.07, 6.45) is 1.08. The van der Waals surface area contributed by atoms with Crippen LogP contribution in [0.3, 0.4) is 0 Å². The summed E-state index contributed by atoms with van der Waals surface area (Å²) in [4.78, 5) is 20.2. The second-order valence-corrected chi connectivity index (χ2v) is 6.01. The van der Waals surface area contributed by atoms with Crippen LogP contribution in [0.5, 0.6) is 0 Å². The molecule has 6 heteroatoms. The molecule has 1 N–H and O–H groups in total. The Bertz CT molecular complexity index is 306. The van der Waals surface area contributed by atoms with Gasteiger partial charge in [-0.2, -0.15) is 0 Å². The van der Waals surface area contributed by atoms with Crippen LogP contribution in [-0.2, 0) is 4.79 Å². The molecule has 0 saturated carbocycles. The van der Waals surface area contributed by atoms with Crippen LogP contribution >= 0.6 is 0 Å². The first-order chi connectivity index (χ1) is 9.63. The topological polar surface area (TPSA) is 50.3 Å². The highest BCUT2D eigenvalue weighted by molar-refractivity contribution is 5.69. The number of aliphatic carboxylic acids is 1. The van der Waals surface area contributed by atoms with Gasteiger partial charge in [0.1, 0.15) is 0 Å². The lowest BCUT2D eigenvalue weighted by atomic mass is 10.3. The Kier molecular flexibility index (Phi) is 6.22. The molecule has 6 nitrogen and oxygen atoms in total. The normalized spacial score (nSPS) is 24.6. The summed E-state index contributed by atoms with van der Waals surface area (Å²) in [5.74, 6) is -0.712. The van der Waals surface area contributed by atoms with Gasteiger partial charge in [-0.15, -0.1) is 0 Å². The highest BCUT2D eigenvalue weighted by Gasteiger charge is 2.18. The van der Waals surface area contributed by atoms with Crippen LogP contribution in [0, 0.1) is 0 Å². The minimum atomic E-state index is -0.712. The number of hydrogen-bond acceptors (Lipinski definition) is 5. The van der Waals surface area contributed by atoms with Gasteiger partial charge in [0.05, 0.1) is 6.54 Å². The van der Waals surface area contributed by atoms with E-state index in [1.54, 1.807) is 0 Å². The average Bonchev–Trinajstić information content (AvgIpc) is 2.63. The maximum absolute atomic E-state index is 10.8. The van der Waals surface area contributed by atoms with Crippen molar-refractivity contribution in [3.63, 3.8) is 0 Å². The van der Waals surface area contributed by atoms with E-state index in [4.69, 9.17) is 5.11 Å². The second kappa shape index (κ2) is 7.93. The SMILES string of the molecule is CN1CCN(CCN2CCCN(CC(=O)O)CC2)CC1. The highest BCUT2D eigenvalue weighted by atomic mass is 16.4. The van der Waals surface area contributed by atoms with Gasteiger partial charge in [-0.3, -0.25) is 14.6 Å². The Morgan fingerprint density at radius 3 is 2.00 bits per heavy atom. The molecule has 0 amide bonds. The number of carboxylic acid groups (broad SMARTS) is 1. The number of nitrogens with zero attached hydrogens (tertiary/aromatic N) is 4. The van der Waals surface area contributed by atoms with Crippen molar-refractivity contribution in [3.8, 4) is 0 Å². The molecule has 0 bridgehead atoms. The van der Waals surface area contributed by atoms with E-state index in [0.29, 0.717) is 0 Å². The third-order valence-corrected chi connectivity index (χ3v) is 4.37. The Morgan fingerprint density at radius 2 is 1.35 bits per heavy atom. The van der Waals surface area contributed by atoms with Gasteiger partial charge >= 0.3 is 5.97 Å². The number of hydrogen-bond donors (Lipinski definition) is 1. The Morgan fingerprint density at radius 1 is 0.850 bits per heavy atom. The van der Waals surface area contributed by atoms with Gasteiger partial charge in [0.15, 0.2) is 0 Å². The zero-order valence-corrected chi connectivity index (χ0v) is 12.6. The molecule has 0 aromatic heterocycles. The lowest BCUT2D eigenvalue weighted by Gasteiger charge is -2.33. The van der Waals surface area contributed by atoms with E-state index in [1.165, 1.54) is 26.2 Å². The lowest BCUT2D eigenvalue weighted by Crippen LogP contribution is -2.47. The van der Waals surface area contributed by atoms with Crippen LogP contribution in [0.2, 0.25) is 0 Å². The molecular weight excluding hydrogens is 256 g/mol. The predicted molar refractivity (Wildman–Crippen MR) is 79.1 cm³/mol. The van der Waals surface area contributed by atoms with Gasteiger partial charge in [-0.05, 0) is 20.0 Å². The summed E-state index contributed by atoms with van der Waals surface area (Å²) in [7, 11) is 2.18. The van der Waals surface area contributed by atoms with E-state index >= 15 is 0 Å². The monoisotopic (exact) mass is 284 g/mol. The molecule has 0 aliphatic carbocycles. The molecular formula is C14H28N4O2. The first-order valence-electron chi connectivity index (χ1n) is 7.71. The predicted octanol–water partition coefficient (Wildman–Crippen LogP) is -0.674. The summed E-state index contributed by atoms with van der Waals surface area (Å²) >= 11 is 0. The summed E-state index contributed by atoms with van der Waals surface area (Å²) in [5, 5.41) is 8.85. The highest BCUT2D eigenvalue weighted by Crippen LogP contribution is 2.04. The van der Waals surface area contributed by atoms with Gasteiger partial charge in [0, 0.05) is 58.9 Å². The van der Waals surface area contributed by atoms with Crippen LogP contribution in [0.4, 0.5) is 0 Å². The number of carboxylic acids is 1. The molecule has 0 unspecified atom stereocenters. The molecule has 2 fully saturated rings. The summed E-state index contributed by atoms with van der Waals surface area (Å²) in [6, 6.07) is 0. The molecule has 0 aromatic rings. The first kappa shape index (κ1) is 15.7. The van der Waals surface area contributed by atoms with Gasteiger partial charge < -0.3 is 14.9 Å². The zero-order valence-electron chi connectivity index (χ0n) is 12.6. The summed E-state index contributed by atoms with van der Waals surface area (Å²) in [5.41, 5.74) is 0. The van der Waals surface area contributed by atoms with E-state index in [1.807, 2.05) is 0 Å². The van der Waals surface area contributed by atoms with Crippen LogP contribution in [0.25, 0.3) is 0 Å². The molecule has 0 atom stereocenters. The van der Waals surface area contributed by atoms with E-state index in [0.717, 1.165) is 45.7 Å². The first-order valence-corrected chi connectivity index (χ1v) is 7.71. The van der Waals surface area contributed by atoms with Crippen molar-refractivity contribution < 1.29 is 9.90 Å². The van der Waals surface area contributed by atoms with Crippen molar-refractivity contribution >= 4 is 5.97 Å². The third-order valence-electron chi connectivity index (χ3n) is 4.37. The standard InChI is InChI=1S/C14H28N4O2/c1-15-5-7-17(8-6-15)10-9-16-3-2-4-18(12-11-16)13-14(19)20/h2-13H2,1H3,(H,19,20). The van der Waals surface area contributed by atoms with Crippen LogP contribution in [0.15, 0.2) is 0 Å². The Labute approximate surface area is 121 Å². The smallest absolute Gasteiger partial charge is 0.317 e. The van der Waals surface area contributed by atoms with Crippen molar-refractivity contribution in [2.24, 2.45) is 0 Å². The fraction of sp³-hybridized carbons (Fsp3) is 0.929. The Balaban J connectivity index is 1.65. The third kappa shape index (κ3) is 5.36. The van der Waals surface area contributed by atoms with Crippen molar-refractivity contribution in [1.29, 1.82) is 0 Å². The molecule has 0 spiro atoms. The van der Waals surface area contributed by atoms with Crippen LogP contribution in [-0.4, -0.2) is 110 Å². The van der Waals surface area contributed by atoms with Gasteiger partial charge in [0.25, 0.3) is 0 Å². The van der Waals surface area contributed by atoms with Gasteiger partial charge in [-0.25, -0.2) is 0 Å². The molecule has 116 valence electrons. The maximum Gasteiger partial charge on any atom is 0.317 e. The minimum Gasteiger partial charge on any atom is -0.480 e. The van der Waals surface area contributed by atoms with Gasteiger partial charge in [-0.1, -0.05) is 0 Å². The zero-order chi connectivity index (χ0) is 14.4. The van der Waals surface area contributed by atoms with E-state index in [9.17, 15) is 4.79 Å². The second-order valence-electron chi connectivity index (χ2n) is 6.01. The number of carbonyl (C=O) groups is 1. The Hall–Kier alpha value is -0.690. The largest absolute Gasteiger partial charge is 0.480 e. The van der Waals surface area contributed by atoms with E-state index in [-0.39, 0.29) is 6.54 Å². The lowest BCUT2D eigenvalue weighted by molar-refractivity contribution is -0.138. The van der Waals surface area contributed by atoms with Crippen molar-refractivity contribution in [3.05, 3.63) is 0 Å². The molecule has 0 aromatic carbocycles. The fourth-order valence-corrected chi connectivity index (χ4v) is 2.95. The average molecular weight is 284 g/mol. The number of piperazine rings is 1. The van der Waals surface area contributed by atoms with Crippen molar-refractivity contribution in [2.75, 3.05) is 79.0 Å². The molecule has 2 heterocycles. The van der Waals surface area contributed by atoms with E-state index in [2.05, 4.69) is 26.6 Å². The number of rotatable bonds is 5. The van der Waals surface area contributed by atoms with Crippen LogP contribution in [0.1, 0.15) is 6.42 Å². The quantitative estimate of drug-likeness (QED) is 0.722. The maximum atomic E-state index is 10.8. The summed E-state index contributed by atoms with van der Waals surface area (Å²) < 4.78 is 0. The van der Waals surface area contributed by atoms with Crippen molar-refractivity contribution in [1.82, 2.24) is 19.6 Å². The molecule has 0 radical (unpaired) electrons. The van der Waals surface area contributed by atoms with Gasteiger partial charge in [0.2, 0.25) is 0 Å². The number of likely N-dealkylation sites (N-methyl/N-ethyl adjacent to an activating group) is 1. The molecule has 2 aliphatic heterocycles. The minimum absolute atomic E-state index is 0.187. The fourth-order valence-electron chi connectivity index (χ4n) is 2.95. The molecule has 20 heavy (non-hydrogen) atoms. The van der Waals surface area contributed by atoms with Crippen LogP contribution < -0.4 is 0 Å².